The van der Waals surface area contributed by atoms with E-state index < -0.39 is 11.1 Å². The molecule has 0 aliphatic heterocycles. The average molecular weight is 433 g/mol. The van der Waals surface area contributed by atoms with Crippen LogP contribution in [0.25, 0.3) is 31.9 Å². The van der Waals surface area contributed by atoms with Crippen LogP contribution in [0.2, 0.25) is 0 Å². The summed E-state index contributed by atoms with van der Waals surface area (Å²) in [5.74, 6) is 0. The molecular weight excluding hydrogens is 408 g/mol. The topological polar surface area (TPSA) is 94.0 Å². The molecule has 1 fully saturated rings. The van der Waals surface area contributed by atoms with Crippen LogP contribution in [0.3, 0.4) is 0 Å². The molecule has 7 heteroatoms. The third-order valence-electron chi connectivity index (χ3n) is 6.06. The number of benzene rings is 1. The van der Waals surface area contributed by atoms with E-state index in [0.29, 0.717) is 29.6 Å². The standard InChI is InChI=1S/C24H24N4O2S/c1-3-28-14-27-21-19(22(28)29)18(17-6-4-5-11-26-17)20(31-21)15-7-9-16(10-8-15)24(25)12-23(2,30)13-24/h4-11,14,30H,3,12-13,25H2,1-2H3/t23-,24-. The number of aryl methyl sites for hydroxylation is 1. The zero-order valence-electron chi connectivity index (χ0n) is 17.5. The van der Waals surface area contributed by atoms with Crippen molar-refractivity contribution in [2.24, 2.45) is 5.73 Å². The first-order chi connectivity index (χ1) is 14.8. The van der Waals surface area contributed by atoms with E-state index in [-0.39, 0.29) is 5.56 Å². The first kappa shape index (κ1) is 20.1. The number of thiophene rings is 1. The quantitative estimate of drug-likeness (QED) is 0.510. The van der Waals surface area contributed by atoms with Gasteiger partial charge in [-0.2, -0.15) is 0 Å². The van der Waals surface area contributed by atoms with Gasteiger partial charge in [-0.15, -0.1) is 11.3 Å². The molecule has 1 aliphatic rings. The van der Waals surface area contributed by atoms with Crippen LogP contribution in [0.1, 0.15) is 32.3 Å². The Morgan fingerprint density at radius 1 is 1.16 bits per heavy atom. The fourth-order valence-corrected chi connectivity index (χ4v) is 5.82. The first-order valence-electron chi connectivity index (χ1n) is 10.4. The van der Waals surface area contributed by atoms with Crippen LogP contribution < -0.4 is 11.3 Å². The molecule has 0 spiro atoms. The number of fused-ring (bicyclic) bond motifs is 1. The lowest BCUT2D eigenvalue weighted by molar-refractivity contribution is -0.0738. The molecule has 3 aromatic heterocycles. The predicted octanol–water partition coefficient (Wildman–Crippen LogP) is 3.91. The molecule has 3 heterocycles. The van der Waals surface area contributed by atoms with E-state index in [9.17, 15) is 9.90 Å². The molecule has 0 radical (unpaired) electrons. The summed E-state index contributed by atoms with van der Waals surface area (Å²) in [4.78, 5) is 23.9. The molecule has 158 valence electrons. The maximum Gasteiger partial charge on any atom is 0.262 e. The van der Waals surface area contributed by atoms with Gasteiger partial charge >= 0.3 is 0 Å². The number of aliphatic hydroxyl groups is 1. The molecule has 0 amide bonds. The molecule has 4 aromatic rings. The Morgan fingerprint density at radius 3 is 2.52 bits per heavy atom. The second kappa shape index (κ2) is 7.09. The summed E-state index contributed by atoms with van der Waals surface area (Å²) in [5.41, 5.74) is 8.83. The van der Waals surface area contributed by atoms with Crippen molar-refractivity contribution in [1.82, 2.24) is 14.5 Å². The van der Waals surface area contributed by atoms with E-state index in [0.717, 1.165) is 27.3 Å². The molecule has 3 N–H and O–H groups in total. The van der Waals surface area contributed by atoms with Gasteiger partial charge in [0.1, 0.15) is 4.83 Å². The minimum atomic E-state index is -0.699. The zero-order chi connectivity index (χ0) is 21.8. The van der Waals surface area contributed by atoms with E-state index in [1.807, 2.05) is 56.3 Å². The summed E-state index contributed by atoms with van der Waals surface area (Å²) >= 11 is 1.50. The van der Waals surface area contributed by atoms with Gasteiger partial charge in [-0.25, -0.2) is 4.98 Å². The van der Waals surface area contributed by atoms with Crippen molar-refractivity contribution in [3.8, 4) is 21.7 Å². The van der Waals surface area contributed by atoms with Crippen molar-refractivity contribution in [3.63, 3.8) is 0 Å². The van der Waals surface area contributed by atoms with Crippen LogP contribution in [0.15, 0.2) is 59.8 Å². The van der Waals surface area contributed by atoms with Crippen LogP contribution in [0.5, 0.6) is 0 Å². The molecule has 0 atom stereocenters. The molecule has 1 aliphatic carbocycles. The lowest BCUT2D eigenvalue weighted by Gasteiger charge is -2.49. The second-order valence-electron chi connectivity index (χ2n) is 8.62. The summed E-state index contributed by atoms with van der Waals surface area (Å²) < 4.78 is 1.62. The van der Waals surface area contributed by atoms with Crippen molar-refractivity contribution in [1.29, 1.82) is 0 Å². The molecule has 5 rings (SSSR count). The van der Waals surface area contributed by atoms with E-state index in [2.05, 4.69) is 9.97 Å². The van der Waals surface area contributed by atoms with Crippen LogP contribution in [0.4, 0.5) is 0 Å². The molecule has 0 saturated heterocycles. The second-order valence-corrected chi connectivity index (χ2v) is 9.62. The molecule has 6 nitrogen and oxygen atoms in total. The van der Waals surface area contributed by atoms with E-state index in [1.54, 1.807) is 17.1 Å². The molecular formula is C24H24N4O2S. The van der Waals surface area contributed by atoms with Crippen LogP contribution in [-0.4, -0.2) is 25.2 Å². The zero-order valence-corrected chi connectivity index (χ0v) is 18.3. The van der Waals surface area contributed by atoms with Crippen molar-refractivity contribution >= 4 is 21.6 Å². The SMILES string of the molecule is CCn1cnc2sc(-c3ccc([C@]4(N)C[C@](C)(O)C4)cc3)c(-c3ccccn3)c2c1=O. The van der Waals surface area contributed by atoms with Crippen molar-refractivity contribution in [2.45, 2.75) is 44.4 Å². The van der Waals surface area contributed by atoms with Gasteiger partial charge in [0, 0.05) is 28.7 Å². The molecule has 1 aromatic carbocycles. The Labute approximate surface area is 184 Å². The van der Waals surface area contributed by atoms with Gasteiger partial charge in [-0.3, -0.25) is 14.3 Å². The molecule has 0 bridgehead atoms. The fraction of sp³-hybridized carbons (Fsp3) is 0.292. The lowest BCUT2D eigenvalue weighted by atomic mass is 9.63. The third-order valence-corrected chi connectivity index (χ3v) is 7.20. The smallest absolute Gasteiger partial charge is 0.262 e. The Bertz CT molecular complexity index is 1320. The summed E-state index contributed by atoms with van der Waals surface area (Å²) in [6.45, 7) is 4.31. The largest absolute Gasteiger partial charge is 0.390 e. The Hall–Kier alpha value is -2.87. The molecule has 1 saturated carbocycles. The fourth-order valence-electron chi connectivity index (χ4n) is 4.68. The predicted molar refractivity (Wildman–Crippen MR) is 124 cm³/mol. The number of rotatable bonds is 4. The lowest BCUT2D eigenvalue weighted by Crippen LogP contribution is -2.58. The van der Waals surface area contributed by atoms with E-state index in [4.69, 9.17) is 5.73 Å². The number of nitrogens with zero attached hydrogens (tertiary/aromatic N) is 3. The highest BCUT2D eigenvalue weighted by Crippen LogP contribution is 2.47. The number of nitrogens with two attached hydrogens (primary N) is 1. The average Bonchev–Trinajstić information content (AvgIpc) is 3.14. The molecule has 31 heavy (non-hydrogen) atoms. The van der Waals surface area contributed by atoms with Gasteiger partial charge < -0.3 is 10.8 Å². The summed E-state index contributed by atoms with van der Waals surface area (Å²) in [6, 6.07) is 13.8. The highest BCUT2D eigenvalue weighted by Gasteiger charge is 2.49. The summed E-state index contributed by atoms with van der Waals surface area (Å²) in [7, 11) is 0. The van der Waals surface area contributed by atoms with Gasteiger partial charge in [-0.05, 0) is 49.9 Å². The highest BCUT2D eigenvalue weighted by molar-refractivity contribution is 7.22. The Kier molecular flexibility index (Phi) is 4.58. The number of pyridine rings is 1. The van der Waals surface area contributed by atoms with Crippen molar-refractivity contribution < 1.29 is 5.11 Å². The summed E-state index contributed by atoms with van der Waals surface area (Å²) in [5, 5.41) is 10.7. The van der Waals surface area contributed by atoms with Crippen LogP contribution >= 0.6 is 11.3 Å². The Morgan fingerprint density at radius 2 is 1.90 bits per heavy atom. The minimum Gasteiger partial charge on any atom is -0.390 e. The van der Waals surface area contributed by atoms with Crippen LogP contribution in [0, 0.1) is 0 Å². The van der Waals surface area contributed by atoms with Gasteiger partial charge in [0.25, 0.3) is 5.56 Å². The maximum atomic E-state index is 13.2. The van der Waals surface area contributed by atoms with Crippen molar-refractivity contribution in [3.05, 3.63) is 70.9 Å². The minimum absolute atomic E-state index is 0.0510. The normalized spacial score (nSPS) is 23.1. The van der Waals surface area contributed by atoms with Crippen molar-refractivity contribution in [2.75, 3.05) is 0 Å². The Balaban J connectivity index is 1.67. The van der Waals surface area contributed by atoms with Gasteiger partial charge in [-0.1, -0.05) is 30.3 Å². The highest BCUT2D eigenvalue weighted by atomic mass is 32.1. The monoisotopic (exact) mass is 432 g/mol. The van der Waals surface area contributed by atoms with Gasteiger partial charge in [0.05, 0.1) is 23.0 Å². The number of hydrogen-bond acceptors (Lipinski definition) is 6. The number of aromatic nitrogens is 3. The van der Waals surface area contributed by atoms with E-state index >= 15 is 0 Å². The summed E-state index contributed by atoms with van der Waals surface area (Å²) in [6.07, 6.45) is 4.43. The number of hydrogen-bond donors (Lipinski definition) is 2. The van der Waals surface area contributed by atoms with Gasteiger partial charge in [0.15, 0.2) is 0 Å². The first-order valence-corrected chi connectivity index (χ1v) is 11.2. The van der Waals surface area contributed by atoms with Crippen LogP contribution in [-0.2, 0) is 12.1 Å². The molecule has 0 unspecified atom stereocenters. The van der Waals surface area contributed by atoms with Gasteiger partial charge in [0.2, 0.25) is 0 Å². The maximum absolute atomic E-state index is 13.2. The third kappa shape index (κ3) is 3.29. The van der Waals surface area contributed by atoms with E-state index in [1.165, 1.54) is 11.3 Å².